The third-order valence-electron chi connectivity index (χ3n) is 6.63. The Balaban J connectivity index is 2.09. The van der Waals surface area contributed by atoms with Crippen molar-refractivity contribution in [2.24, 2.45) is 0 Å². The van der Waals surface area contributed by atoms with Gasteiger partial charge in [-0.05, 0) is 69.2 Å². The van der Waals surface area contributed by atoms with Crippen molar-refractivity contribution in [2.75, 3.05) is 25.1 Å². The van der Waals surface area contributed by atoms with E-state index in [2.05, 4.69) is 5.32 Å². The molecule has 42 heavy (non-hydrogen) atoms. The van der Waals surface area contributed by atoms with E-state index in [1.807, 2.05) is 45.0 Å². The Morgan fingerprint density at radius 2 is 1.55 bits per heavy atom. The van der Waals surface area contributed by atoms with E-state index in [1.54, 1.807) is 6.92 Å². The number of ether oxygens (including phenoxy) is 2. The van der Waals surface area contributed by atoms with Crippen LogP contribution in [0.1, 0.15) is 38.3 Å². The molecule has 1 unspecified atom stereocenters. The first-order chi connectivity index (χ1) is 19.9. The van der Waals surface area contributed by atoms with Crippen LogP contribution in [-0.4, -0.2) is 58.0 Å². The smallest absolute Gasteiger partial charge is 0.264 e. The Morgan fingerprint density at radius 1 is 0.929 bits per heavy atom. The summed E-state index contributed by atoms with van der Waals surface area (Å²) in [7, 11) is -1.57. The van der Waals surface area contributed by atoms with E-state index in [-0.39, 0.29) is 34.8 Å². The van der Waals surface area contributed by atoms with Gasteiger partial charge in [0.1, 0.15) is 18.4 Å². The quantitative estimate of drug-likeness (QED) is 0.306. The molecule has 0 aliphatic heterocycles. The minimum Gasteiger partial charge on any atom is -0.493 e. The predicted molar refractivity (Wildman–Crippen MR) is 160 cm³/mol. The summed E-state index contributed by atoms with van der Waals surface area (Å²) in [6, 6.07) is 15.4. The maximum Gasteiger partial charge on any atom is 0.264 e. The van der Waals surface area contributed by atoms with Gasteiger partial charge in [0.05, 0.1) is 24.8 Å². The summed E-state index contributed by atoms with van der Waals surface area (Å²) in [4.78, 5) is 28.5. The van der Waals surface area contributed by atoms with Crippen molar-refractivity contribution in [3.05, 3.63) is 83.7 Å². The summed E-state index contributed by atoms with van der Waals surface area (Å²) >= 11 is 0. The number of carbonyl (C=O) groups is 2. The van der Waals surface area contributed by atoms with Gasteiger partial charge in [-0.15, -0.1) is 0 Å². The summed E-state index contributed by atoms with van der Waals surface area (Å²) in [5, 5.41) is 2.86. The molecule has 0 saturated heterocycles. The number of carbonyl (C=O) groups excluding carboxylic acids is 2. The number of nitrogens with zero attached hydrogens (tertiary/aromatic N) is 2. The average molecular weight is 600 g/mol. The Bertz CT molecular complexity index is 1480. The lowest BCUT2D eigenvalue weighted by Crippen LogP contribution is -2.53. The van der Waals surface area contributed by atoms with Gasteiger partial charge in [0, 0.05) is 18.7 Å². The van der Waals surface area contributed by atoms with Crippen LogP contribution in [0.3, 0.4) is 0 Å². The zero-order valence-corrected chi connectivity index (χ0v) is 25.6. The van der Waals surface area contributed by atoms with Crippen molar-refractivity contribution < 1.29 is 31.9 Å². The number of hydrogen-bond donors (Lipinski definition) is 1. The molecule has 0 spiro atoms. The molecule has 1 N–H and O–H groups in total. The highest BCUT2D eigenvalue weighted by Crippen LogP contribution is 2.32. The monoisotopic (exact) mass is 599 g/mol. The van der Waals surface area contributed by atoms with E-state index in [1.165, 1.54) is 49.5 Å². The average Bonchev–Trinajstić information content (AvgIpc) is 2.96. The number of rotatable bonds is 13. The number of benzene rings is 3. The molecule has 3 rings (SSSR count). The van der Waals surface area contributed by atoms with Gasteiger partial charge < -0.3 is 19.7 Å². The van der Waals surface area contributed by atoms with Crippen LogP contribution >= 0.6 is 0 Å². The molecule has 2 amide bonds. The van der Waals surface area contributed by atoms with E-state index in [0.717, 1.165) is 27.6 Å². The largest absolute Gasteiger partial charge is 0.493 e. The lowest BCUT2D eigenvalue weighted by Gasteiger charge is -2.33. The molecule has 0 heterocycles. The topological polar surface area (TPSA) is 105 Å². The molecule has 11 heteroatoms. The van der Waals surface area contributed by atoms with Crippen molar-refractivity contribution in [3.63, 3.8) is 0 Å². The normalized spacial score (nSPS) is 12.0. The van der Waals surface area contributed by atoms with Crippen LogP contribution in [-0.2, 0) is 26.2 Å². The van der Waals surface area contributed by atoms with Crippen molar-refractivity contribution in [2.45, 2.75) is 57.6 Å². The van der Waals surface area contributed by atoms with Crippen LogP contribution < -0.4 is 19.1 Å². The number of amides is 2. The number of halogens is 1. The standard InChI is InChI=1S/C31H38FN3O6S/c1-7-27(31(37)33-21(2)3)34(19-23-10-8-22(4)9-11-23)30(36)20-35(25-14-12-24(32)13-15-25)42(38,39)26-16-17-28(40-5)29(18-26)41-6/h8-18,21,27H,7,19-20H2,1-6H3,(H,33,37). The fourth-order valence-corrected chi connectivity index (χ4v) is 5.86. The summed E-state index contributed by atoms with van der Waals surface area (Å²) in [5.74, 6) is -1.00. The molecular weight excluding hydrogens is 561 g/mol. The maximum absolute atomic E-state index is 14.1. The van der Waals surface area contributed by atoms with Crippen LogP contribution in [0, 0.1) is 12.7 Å². The fourth-order valence-electron chi connectivity index (χ4n) is 4.43. The van der Waals surface area contributed by atoms with Crippen molar-refractivity contribution in [1.82, 2.24) is 10.2 Å². The Kier molecular flexibility index (Phi) is 10.9. The van der Waals surface area contributed by atoms with Crippen molar-refractivity contribution >= 4 is 27.5 Å². The molecular formula is C31H38FN3O6S. The molecule has 0 bridgehead atoms. The second-order valence-corrected chi connectivity index (χ2v) is 12.0. The first-order valence-electron chi connectivity index (χ1n) is 13.6. The van der Waals surface area contributed by atoms with Gasteiger partial charge in [-0.2, -0.15) is 0 Å². The Labute approximate surface area is 247 Å². The molecule has 3 aromatic rings. The van der Waals surface area contributed by atoms with Crippen LogP contribution in [0.15, 0.2) is 71.6 Å². The van der Waals surface area contributed by atoms with Gasteiger partial charge in [-0.25, -0.2) is 12.8 Å². The highest BCUT2D eigenvalue weighted by atomic mass is 32.2. The minimum absolute atomic E-state index is 0.0782. The molecule has 0 aliphatic rings. The molecule has 226 valence electrons. The molecule has 0 aliphatic carbocycles. The maximum atomic E-state index is 14.1. The second-order valence-electron chi connectivity index (χ2n) is 10.1. The summed E-state index contributed by atoms with van der Waals surface area (Å²) in [6.07, 6.45) is 0.301. The Hall–Kier alpha value is -4.12. The molecule has 0 fully saturated rings. The minimum atomic E-state index is -4.38. The summed E-state index contributed by atoms with van der Waals surface area (Å²) < 4.78 is 53.4. The van der Waals surface area contributed by atoms with Crippen molar-refractivity contribution in [3.8, 4) is 11.5 Å². The number of sulfonamides is 1. The zero-order valence-electron chi connectivity index (χ0n) is 24.8. The molecule has 9 nitrogen and oxygen atoms in total. The lowest BCUT2D eigenvalue weighted by atomic mass is 10.1. The lowest BCUT2D eigenvalue weighted by molar-refractivity contribution is -0.140. The first-order valence-corrected chi connectivity index (χ1v) is 15.0. The highest BCUT2D eigenvalue weighted by molar-refractivity contribution is 7.92. The van der Waals surface area contributed by atoms with Crippen LogP contribution in [0.25, 0.3) is 0 Å². The zero-order chi connectivity index (χ0) is 31.0. The van der Waals surface area contributed by atoms with E-state index >= 15 is 0 Å². The first kappa shape index (κ1) is 32.4. The third kappa shape index (κ3) is 7.79. The SMILES string of the molecule is CCC(C(=O)NC(C)C)N(Cc1ccc(C)cc1)C(=O)CN(c1ccc(F)cc1)S(=O)(=O)c1ccc(OC)c(OC)c1. The Morgan fingerprint density at radius 3 is 2.10 bits per heavy atom. The molecule has 0 aromatic heterocycles. The van der Waals surface area contributed by atoms with Crippen molar-refractivity contribution in [1.29, 1.82) is 0 Å². The third-order valence-corrected chi connectivity index (χ3v) is 8.40. The van der Waals surface area contributed by atoms with E-state index in [4.69, 9.17) is 9.47 Å². The van der Waals surface area contributed by atoms with Gasteiger partial charge in [0.25, 0.3) is 10.0 Å². The number of methoxy groups -OCH3 is 2. The fraction of sp³-hybridized carbons (Fsp3) is 0.355. The van der Waals surface area contributed by atoms with Crippen LogP contribution in [0.2, 0.25) is 0 Å². The number of hydrogen-bond acceptors (Lipinski definition) is 6. The molecule has 0 radical (unpaired) electrons. The summed E-state index contributed by atoms with van der Waals surface area (Å²) in [6.45, 7) is 6.82. The van der Waals surface area contributed by atoms with Crippen LogP contribution in [0.5, 0.6) is 11.5 Å². The van der Waals surface area contributed by atoms with E-state index in [9.17, 15) is 22.4 Å². The van der Waals surface area contributed by atoms with Gasteiger partial charge >= 0.3 is 0 Å². The molecule has 0 saturated carbocycles. The van der Waals surface area contributed by atoms with Gasteiger partial charge in [-0.1, -0.05) is 36.8 Å². The van der Waals surface area contributed by atoms with Gasteiger partial charge in [-0.3, -0.25) is 13.9 Å². The number of aryl methyl sites for hydroxylation is 1. The summed E-state index contributed by atoms with van der Waals surface area (Å²) in [5.41, 5.74) is 1.89. The van der Waals surface area contributed by atoms with E-state index < -0.39 is 34.3 Å². The van der Waals surface area contributed by atoms with Crippen LogP contribution in [0.4, 0.5) is 10.1 Å². The molecule has 1 atom stereocenters. The van der Waals surface area contributed by atoms with Gasteiger partial charge in [0.15, 0.2) is 11.5 Å². The van der Waals surface area contributed by atoms with Gasteiger partial charge in [0.2, 0.25) is 11.8 Å². The highest BCUT2D eigenvalue weighted by Gasteiger charge is 2.34. The molecule has 3 aromatic carbocycles. The predicted octanol–water partition coefficient (Wildman–Crippen LogP) is 4.68. The second kappa shape index (κ2) is 14.2. The number of anilines is 1. The number of nitrogens with one attached hydrogen (secondary N) is 1. The van der Waals surface area contributed by atoms with E-state index in [0.29, 0.717) is 12.2 Å².